The molecule has 0 aliphatic rings. The molecule has 0 unspecified atom stereocenters. The van der Waals surface area contributed by atoms with Crippen molar-refractivity contribution in [2.24, 2.45) is 0 Å². The molecule has 0 saturated carbocycles. The van der Waals surface area contributed by atoms with Gasteiger partial charge in [0.25, 0.3) is 10.0 Å². The summed E-state index contributed by atoms with van der Waals surface area (Å²) in [6, 6.07) is 10.3. The van der Waals surface area contributed by atoms with Crippen LogP contribution in [-0.4, -0.2) is 29.9 Å². The van der Waals surface area contributed by atoms with Crippen LogP contribution in [0, 0.1) is 0 Å². The summed E-state index contributed by atoms with van der Waals surface area (Å²) in [5.41, 5.74) is 1.12. The molecular formula is C15H12N4O4S. The van der Waals surface area contributed by atoms with Crippen molar-refractivity contribution >= 4 is 39.0 Å². The van der Waals surface area contributed by atoms with Gasteiger partial charge < -0.3 is 10.4 Å². The molecule has 1 aromatic heterocycles. The monoisotopic (exact) mass is 344 g/mol. The number of sulfonamides is 1. The lowest BCUT2D eigenvalue weighted by molar-refractivity contribution is -0.105. The number of phenols is 1. The molecule has 0 aliphatic carbocycles. The molecule has 0 saturated heterocycles. The number of para-hydroxylation sites is 1. The highest BCUT2D eigenvalue weighted by Crippen LogP contribution is 2.23. The van der Waals surface area contributed by atoms with E-state index in [1.165, 1.54) is 36.5 Å². The van der Waals surface area contributed by atoms with Gasteiger partial charge in [0.15, 0.2) is 5.82 Å². The minimum atomic E-state index is -3.88. The minimum Gasteiger partial charge on any atom is -0.506 e. The molecule has 0 radical (unpaired) electrons. The number of aromatic nitrogens is 2. The van der Waals surface area contributed by atoms with Crippen LogP contribution in [0.1, 0.15) is 0 Å². The molecular weight excluding hydrogens is 332 g/mol. The summed E-state index contributed by atoms with van der Waals surface area (Å²) in [5, 5.41) is 12.2. The zero-order valence-electron chi connectivity index (χ0n) is 12.2. The maximum absolute atomic E-state index is 12.4. The van der Waals surface area contributed by atoms with Crippen LogP contribution in [0.5, 0.6) is 5.75 Å². The van der Waals surface area contributed by atoms with Gasteiger partial charge in [0.2, 0.25) is 6.41 Å². The number of amides is 1. The Hall–Kier alpha value is -3.20. The Labute approximate surface area is 137 Å². The predicted octanol–water partition coefficient (Wildman–Crippen LogP) is 1.70. The molecule has 0 atom stereocenters. The van der Waals surface area contributed by atoms with Crippen LogP contribution in [0.15, 0.2) is 53.6 Å². The zero-order valence-corrected chi connectivity index (χ0v) is 13.0. The van der Waals surface area contributed by atoms with Crippen molar-refractivity contribution in [2.45, 2.75) is 4.90 Å². The van der Waals surface area contributed by atoms with Crippen LogP contribution < -0.4 is 10.0 Å². The van der Waals surface area contributed by atoms with E-state index in [2.05, 4.69) is 20.0 Å². The van der Waals surface area contributed by atoms with Gasteiger partial charge in [-0.3, -0.25) is 14.5 Å². The van der Waals surface area contributed by atoms with E-state index >= 15 is 0 Å². The molecule has 1 amide bonds. The highest BCUT2D eigenvalue weighted by molar-refractivity contribution is 7.92. The van der Waals surface area contributed by atoms with E-state index < -0.39 is 10.0 Å². The van der Waals surface area contributed by atoms with Crippen molar-refractivity contribution in [3.63, 3.8) is 0 Å². The Kier molecular flexibility index (Phi) is 4.00. The molecule has 24 heavy (non-hydrogen) atoms. The SMILES string of the molecule is O=CNc1ccc(S(=O)(=O)Nc2cnc3cccc(O)c3n2)cc1. The summed E-state index contributed by atoms with van der Waals surface area (Å²) in [5.74, 6) is -0.107. The van der Waals surface area contributed by atoms with Crippen molar-refractivity contribution in [1.82, 2.24) is 9.97 Å². The van der Waals surface area contributed by atoms with Gasteiger partial charge in [-0.2, -0.15) is 0 Å². The summed E-state index contributed by atoms with van der Waals surface area (Å²) in [4.78, 5) is 18.5. The third-order valence-electron chi connectivity index (χ3n) is 3.18. The highest BCUT2D eigenvalue weighted by atomic mass is 32.2. The maximum Gasteiger partial charge on any atom is 0.263 e. The van der Waals surface area contributed by atoms with Crippen LogP contribution in [0.25, 0.3) is 11.0 Å². The van der Waals surface area contributed by atoms with Gasteiger partial charge in [-0.25, -0.2) is 13.4 Å². The standard InChI is InChI=1S/C15H12N4O4S/c20-9-17-10-4-6-11(7-5-10)24(22,23)19-14-8-16-12-2-1-3-13(21)15(12)18-14/h1-9,21H,(H,17,20)(H,18,19). The minimum absolute atomic E-state index is 0.00173. The van der Waals surface area contributed by atoms with Crippen LogP contribution in [-0.2, 0) is 14.8 Å². The normalized spacial score (nSPS) is 11.2. The number of anilines is 2. The third kappa shape index (κ3) is 3.10. The fourth-order valence-corrected chi connectivity index (χ4v) is 3.05. The molecule has 3 aromatic rings. The number of hydrogen-bond donors (Lipinski definition) is 3. The van der Waals surface area contributed by atoms with Gasteiger partial charge >= 0.3 is 0 Å². The molecule has 0 spiro atoms. The number of carbonyl (C=O) groups excluding carboxylic acids is 1. The number of benzene rings is 2. The smallest absolute Gasteiger partial charge is 0.263 e. The number of phenolic OH excluding ortho intramolecular Hbond substituents is 1. The number of carbonyl (C=O) groups is 1. The number of nitrogens with zero attached hydrogens (tertiary/aromatic N) is 2. The van der Waals surface area contributed by atoms with Gasteiger partial charge in [-0.05, 0) is 36.4 Å². The summed E-state index contributed by atoms with van der Waals surface area (Å²) in [6.07, 6.45) is 1.76. The zero-order chi connectivity index (χ0) is 17.2. The number of nitrogens with one attached hydrogen (secondary N) is 2. The molecule has 3 N–H and O–H groups in total. The number of hydrogen-bond acceptors (Lipinski definition) is 6. The first kappa shape index (κ1) is 15.7. The van der Waals surface area contributed by atoms with E-state index in [-0.39, 0.29) is 22.0 Å². The van der Waals surface area contributed by atoms with Gasteiger partial charge in [0.1, 0.15) is 11.3 Å². The molecule has 9 heteroatoms. The average Bonchev–Trinajstić information content (AvgIpc) is 2.56. The number of fused-ring (bicyclic) bond motifs is 1. The molecule has 2 aromatic carbocycles. The molecule has 0 fully saturated rings. The van der Waals surface area contributed by atoms with E-state index in [4.69, 9.17) is 0 Å². The first-order valence-corrected chi connectivity index (χ1v) is 8.26. The number of aromatic hydroxyl groups is 1. The average molecular weight is 344 g/mol. The van der Waals surface area contributed by atoms with Crippen molar-refractivity contribution < 1.29 is 18.3 Å². The van der Waals surface area contributed by atoms with Crippen LogP contribution >= 0.6 is 0 Å². The Balaban J connectivity index is 1.91. The lowest BCUT2D eigenvalue weighted by Crippen LogP contribution is -2.14. The second-order valence-electron chi connectivity index (χ2n) is 4.79. The third-order valence-corrected chi connectivity index (χ3v) is 4.55. The van der Waals surface area contributed by atoms with Crippen molar-refractivity contribution in [1.29, 1.82) is 0 Å². The Morgan fingerprint density at radius 1 is 1.08 bits per heavy atom. The summed E-state index contributed by atoms with van der Waals surface area (Å²) in [7, 11) is -3.88. The van der Waals surface area contributed by atoms with Crippen LogP contribution in [0.3, 0.4) is 0 Å². The Morgan fingerprint density at radius 3 is 2.54 bits per heavy atom. The molecule has 8 nitrogen and oxygen atoms in total. The number of rotatable bonds is 5. The molecule has 0 bridgehead atoms. The lowest BCUT2D eigenvalue weighted by Gasteiger charge is -2.09. The van der Waals surface area contributed by atoms with Gasteiger partial charge in [-0.15, -0.1) is 0 Å². The largest absolute Gasteiger partial charge is 0.506 e. The summed E-state index contributed by atoms with van der Waals surface area (Å²) in [6.45, 7) is 0. The van der Waals surface area contributed by atoms with Crippen molar-refractivity contribution in [3.05, 3.63) is 48.7 Å². The second kappa shape index (κ2) is 6.13. The fraction of sp³-hybridized carbons (Fsp3) is 0. The molecule has 0 aliphatic heterocycles. The maximum atomic E-state index is 12.4. The van der Waals surface area contributed by atoms with Crippen LogP contribution in [0.4, 0.5) is 11.5 Å². The van der Waals surface area contributed by atoms with E-state index in [1.54, 1.807) is 12.1 Å². The Morgan fingerprint density at radius 2 is 1.83 bits per heavy atom. The molecule has 1 heterocycles. The second-order valence-corrected chi connectivity index (χ2v) is 6.47. The van der Waals surface area contributed by atoms with E-state index in [1.807, 2.05) is 0 Å². The summed E-state index contributed by atoms with van der Waals surface area (Å²) < 4.78 is 27.0. The Bertz CT molecular complexity index is 1000. The molecule has 122 valence electrons. The van der Waals surface area contributed by atoms with Gasteiger partial charge in [0, 0.05) is 5.69 Å². The predicted molar refractivity (Wildman–Crippen MR) is 88.1 cm³/mol. The van der Waals surface area contributed by atoms with E-state index in [9.17, 15) is 18.3 Å². The quantitative estimate of drug-likeness (QED) is 0.606. The first-order valence-electron chi connectivity index (χ1n) is 6.77. The highest BCUT2D eigenvalue weighted by Gasteiger charge is 2.15. The van der Waals surface area contributed by atoms with Crippen LogP contribution in [0.2, 0.25) is 0 Å². The van der Waals surface area contributed by atoms with Crippen molar-refractivity contribution in [2.75, 3.05) is 10.0 Å². The van der Waals surface area contributed by atoms with Gasteiger partial charge in [-0.1, -0.05) is 6.07 Å². The van der Waals surface area contributed by atoms with Gasteiger partial charge in [0.05, 0.1) is 16.6 Å². The molecule has 3 rings (SSSR count). The topological polar surface area (TPSA) is 121 Å². The van der Waals surface area contributed by atoms with E-state index in [0.717, 1.165) is 0 Å². The fourth-order valence-electron chi connectivity index (χ4n) is 2.06. The summed E-state index contributed by atoms with van der Waals surface area (Å²) >= 11 is 0. The van der Waals surface area contributed by atoms with Crippen molar-refractivity contribution in [3.8, 4) is 5.75 Å². The lowest BCUT2D eigenvalue weighted by atomic mass is 10.3. The van der Waals surface area contributed by atoms with E-state index in [0.29, 0.717) is 17.6 Å². The first-order chi connectivity index (χ1) is 11.5.